The fourth-order valence-electron chi connectivity index (χ4n) is 2.57. The van der Waals surface area contributed by atoms with Crippen LogP contribution in [0.1, 0.15) is 28.3 Å². The summed E-state index contributed by atoms with van der Waals surface area (Å²) in [6, 6.07) is 7.19. The molecule has 0 bridgehead atoms. The molecule has 10 heteroatoms. The first-order chi connectivity index (χ1) is 14.5. The van der Waals surface area contributed by atoms with E-state index in [1.807, 2.05) is 24.3 Å². The zero-order valence-corrected chi connectivity index (χ0v) is 19.6. The Balaban J connectivity index is 2.00. The SMILES string of the molecule is COCCCNC(=O)c1csc(CN(CCCOC)C(=O)Nc2ccccc2Br)n1. The molecule has 2 N–H and O–H groups in total. The molecule has 0 aliphatic rings. The van der Waals surface area contributed by atoms with E-state index in [-0.39, 0.29) is 11.9 Å². The number of anilines is 1. The molecule has 0 spiro atoms. The molecule has 0 saturated heterocycles. The number of thiazole rings is 1. The number of nitrogens with one attached hydrogen (secondary N) is 2. The minimum absolute atomic E-state index is 0.225. The highest BCUT2D eigenvalue weighted by molar-refractivity contribution is 9.10. The fourth-order valence-corrected chi connectivity index (χ4v) is 3.74. The van der Waals surface area contributed by atoms with Gasteiger partial charge in [0, 0.05) is 50.4 Å². The maximum atomic E-state index is 12.8. The second-order valence-corrected chi connectivity index (χ2v) is 8.20. The van der Waals surface area contributed by atoms with E-state index in [0.717, 1.165) is 10.9 Å². The summed E-state index contributed by atoms with van der Waals surface area (Å²) in [4.78, 5) is 31.1. The smallest absolute Gasteiger partial charge is 0.322 e. The highest BCUT2D eigenvalue weighted by Gasteiger charge is 2.18. The first kappa shape index (κ1) is 24.3. The minimum atomic E-state index is -0.237. The first-order valence-electron chi connectivity index (χ1n) is 9.56. The van der Waals surface area contributed by atoms with E-state index in [1.54, 1.807) is 24.5 Å². The van der Waals surface area contributed by atoms with Gasteiger partial charge in [-0.05, 0) is 40.9 Å². The molecule has 0 radical (unpaired) electrons. The van der Waals surface area contributed by atoms with E-state index in [0.29, 0.717) is 55.7 Å². The lowest BCUT2D eigenvalue weighted by molar-refractivity contribution is 0.0944. The largest absolute Gasteiger partial charge is 0.385 e. The van der Waals surface area contributed by atoms with Gasteiger partial charge in [-0.1, -0.05) is 12.1 Å². The lowest BCUT2D eigenvalue weighted by atomic mass is 10.3. The molecule has 0 saturated carbocycles. The summed E-state index contributed by atoms with van der Waals surface area (Å²) in [5.41, 5.74) is 1.05. The van der Waals surface area contributed by atoms with E-state index >= 15 is 0 Å². The molecule has 8 nitrogen and oxygen atoms in total. The van der Waals surface area contributed by atoms with Crippen molar-refractivity contribution in [2.75, 3.05) is 45.8 Å². The third-order valence-electron chi connectivity index (χ3n) is 4.10. The minimum Gasteiger partial charge on any atom is -0.385 e. The molecule has 0 aliphatic heterocycles. The van der Waals surface area contributed by atoms with E-state index in [2.05, 4.69) is 31.5 Å². The average molecular weight is 499 g/mol. The van der Waals surface area contributed by atoms with Crippen LogP contribution in [0.25, 0.3) is 0 Å². The number of benzene rings is 1. The summed E-state index contributed by atoms with van der Waals surface area (Å²) < 4.78 is 10.9. The number of rotatable bonds is 12. The van der Waals surface area contributed by atoms with Crippen LogP contribution < -0.4 is 10.6 Å². The number of amides is 3. The second-order valence-electron chi connectivity index (χ2n) is 6.41. The van der Waals surface area contributed by atoms with Gasteiger partial charge in [0.1, 0.15) is 10.7 Å². The van der Waals surface area contributed by atoms with Gasteiger partial charge >= 0.3 is 6.03 Å². The fraction of sp³-hybridized carbons (Fsp3) is 0.450. The van der Waals surface area contributed by atoms with Gasteiger partial charge < -0.3 is 25.0 Å². The van der Waals surface area contributed by atoms with E-state index in [4.69, 9.17) is 9.47 Å². The molecule has 0 atom stereocenters. The average Bonchev–Trinajstić information content (AvgIpc) is 3.21. The zero-order valence-electron chi connectivity index (χ0n) is 17.2. The topological polar surface area (TPSA) is 92.8 Å². The van der Waals surface area contributed by atoms with Gasteiger partial charge in [0.15, 0.2) is 0 Å². The first-order valence-corrected chi connectivity index (χ1v) is 11.2. The van der Waals surface area contributed by atoms with Crippen molar-refractivity contribution < 1.29 is 19.1 Å². The molecule has 30 heavy (non-hydrogen) atoms. The standard InChI is InChI=1S/C20H27BrN4O4S/c1-28-11-5-9-22-19(26)17-14-30-18(23-17)13-25(10-6-12-29-2)20(27)24-16-8-4-3-7-15(16)21/h3-4,7-8,14H,5-6,9-13H2,1-2H3,(H,22,26)(H,24,27). The molecule has 2 rings (SSSR count). The zero-order chi connectivity index (χ0) is 21.8. The number of hydrogen-bond donors (Lipinski definition) is 2. The molecular formula is C20H27BrN4O4S. The third kappa shape index (κ3) is 8.02. The summed E-state index contributed by atoms with van der Waals surface area (Å²) in [6.45, 7) is 2.47. The number of carbonyl (C=O) groups is 2. The summed E-state index contributed by atoms with van der Waals surface area (Å²) in [5.74, 6) is -0.225. The van der Waals surface area contributed by atoms with Gasteiger partial charge in [0.2, 0.25) is 0 Å². The van der Waals surface area contributed by atoms with Crippen LogP contribution in [-0.4, -0.2) is 62.3 Å². The number of urea groups is 1. The van der Waals surface area contributed by atoms with Crippen molar-refractivity contribution in [2.24, 2.45) is 0 Å². The van der Waals surface area contributed by atoms with Crippen molar-refractivity contribution in [1.29, 1.82) is 0 Å². The Morgan fingerprint density at radius 1 is 1.17 bits per heavy atom. The molecule has 1 aromatic carbocycles. The van der Waals surface area contributed by atoms with Crippen LogP contribution in [-0.2, 0) is 16.0 Å². The Bertz CT molecular complexity index is 818. The number of methoxy groups -OCH3 is 2. The predicted octanol–water partition coefficient (Wildman–Crippen LogP) is 3.74. The van der Waals surface area contributed by atoms with Crippen molar-refractivity contribution in [3.63, 3.8) is 0 Å². The molecule has 164 valence electrons. The van der Waals surface area contributed by atoms with Crippen LogP contribution in [0.5, 0.6) is 0 Å². The Labute approximate surface area is 189 Å². The van der Waals surface area contributed by atoms with Gasteiger partial charge in [0.05, 0.1) is 12.2 Å². The number of halogens is 1. The van der Waals surface area contributed by atoms with Gasteiger partial charge in [0.25, 0.3) is 5.91 Å². The van der Waals surface area contributed by atoms with Crippen molar-refractivity contribution in [3.8, 4) is 0 Å². The number of aromatic nitrogens is 1. The van der Waals surface area contributed by atoms with Crippen molar-refractivity contribution >= 4 is 44.9 Å². The monoisotopic (exact) mass is 498 g/mol. The van der Waals surface area contributed by atoms with Crippen LogP contribution in [0, 0.1) is 0 Å². The van der Waals surface area contributed by atoms with Crippen molar-refractivity contribution in [2.45, 2.75) is 19.4 Å². The summed E-state index contributed by atoms with van der Waals surface area (Å²) in [7, 11) is 3.25. The normalized spacial score (nSPS) is 10.6. The maximum absolute atomic E-state index is 12.8. The molecule has 2 aromatic rings. The maximum Gasteiger partial charge on any atom is 0.322 e. The van der Waals surface area contributed by atoms with Gasteiger partial charge in [-0.2, -0.15) is 0 Å². The quantitative estimate of drug-likeness (QED) is 0.434. The molecule has 1 heterocycles. The lowest BCUT2D eigenvalue weighted by Crippen LogP contribution is -2.35. The molecule has 0 unspecified atom stereocenters. The van der Waals surface area contributed by atoms with Crippen molar-refractivity contribution in [1.82, 2.24) is 15.2 Å². The van der Waals surface area contributed by atoms with Gasteiger partial charge in [-0.3, -0.25) is 4.79 Å². The Kier molecular flexibility index (Phi) is 10.8. The molecule has 3 amide bonds. The van der Waals surface area contributed by atoms with Crippen molar-refractivity contribution in [3.05, 3.63) is 44.8 Å². The van der Waals surface area contributed by atoms with E-state index in [1.165, 1.54) is 11.3 Å². The number of nitrogens with zero attached hydrogens (tertiary/aromatic N) is 2. The summed E-state index contributed by atoms with van der Waals surface area (Å²) in [6.07, 6.45) is 1.43. The third-order valence-corrected chi connectivity index (χ3v) is 5.63. The molecule has 0 fully saturated rings. The summed E-state index contributed by atoms with van der Waals surface area (Å²) >= 11 is 4.80. The van der Waals surface area contributed by atoms with E-state index < -0.39 is 0 Å². The highest BCUT2D eigenvalue weighted by Crippen LogP contribution is 2.22. The Hall–Kier alpha value is -2.01. The van der Waals surface area contributed by atoms with Crippen LogP contribution in [0.3, 0.4) is 0 Å². The highest BCUT2D eigenvalue weighted by atomic mass is 79.9. The number of para-hydroxylation sites is 1. The van der Waals surface area contributed by atoms with Crippen LogP contribution in [0.2, 0.25) is 0 Å². The van der Waals surface area contributed by atoms with Crippen LogP contribution >= 0.6 is 27.3 Å². The molecule has 0 aliphatic carbocycles. The number of hydrogen-bond acceptors (Lipinski definition) is 6. The van der Waals surface area contributed by atoms with Crippen LogP contribution in [0.15, 0.2) is 34.1 Å². The molecule has 1 aromatic heterocycles. The lowest BCUT2D eigenvalue weighted by Gasteiger charge is -2.22. The predicted molar refractivity (Wildman–Crippen MR) is 121 cm³/mol. The number of carbonyl (C=O) groups excluding carboxylic acids is 2. The van der Waals surface area contributed by atoms with E-state index in [9.17, 15) is 9.59 Å². The Morgan fingerprint density at radius 2 is 1.90 bits per heavy atom. The van der Waals surface area contributed by atoms with Gasteiger partial charge in [-0.25, -0.2) is 9.78 Å². The van der Waals surface area contributed by atoms with Gasteiger partial charge in [-0.15, -0.1) is 11.3 Å². The van der Waals surface area contributed by atoms with Crippen LogP contribution in [0.4, 0.5) is 10.5 Å². The summed E-state index contributed by atoms with van der Waals surface area (Å²) in [5, 5.41) is 8.13. The Morgan fingerprint density at radius 3 is 2.63 bits per heavy atom. The second kappa shape index (κ2) is 13.3. The number of ether oxygens (including phenoxy) is 2. The molecular weight excluding hydrogens is 472 g/mol.